The standard InChI is InChI=1S/C16H24FN3O/c1-12-5-2-3-9-20(12)10-4-8-19-16(21)14-7-6-13(18)11-15(14)17/h6-7,11-12H,2-5,8-10,18H2,1H3,(H,19,21). The largest absolute Gasteiger partial charge is 0.399 e. The molecule has 1 aliphatic heterocycles. The average molecular weight is 293 g/mol. The number of carbonyl (C=O) groups excluding carboxylic acids is 1. The van der Waals surface area contributed by atoms with Crippen molar-refractivity contribution in [1.29, 1.82) is 0 Å². The molecule has 0 aliphatic carbocycles. The van der Waals surface area contributed by atoms with Gasteiger partial charge in [0.2, 0.25) is 0 Å². The summed E-state index contributed by atoms with van der Waals surface area (Å²) in [6, 6.07) is 4.76. The smallest absolute Gasteiger partial charge is 0.254 e. The second kappa shape index (κ2) is 7.41. The third kappa shape index (κ3) is 4.43. The van der Waals surface area contributed by atoms with Gasteiger partial charge in [-0.3, -0.25) is 4.79 Å². The van der Waals surface area contributed by atoms with E-state index in [1.165, 1.54) is 37.5 Å². The quantitative estimate of drug-likeness (QED) is 0.647. The van der Waals surface area contributed by atoms with Crippen molar-refractivity contribution in [3.63, 3.8) is 0 Å². The van der Waals surface area contributed by atoms with Gasteiger partial charge in [-0.1, -0.05) is 6.42 Å². The van der Waals surface area contributed by atoms with Crippen LogP contribution in [0.2, 0.25) is 0 Å². The van der Waals surface area contributed by atoms with Crippen LogP contribution in [0, 0.1) is 5.82 Å². The Morgan fingerprint density at radius 3 is 3.00 bits per heavy atom. The lowest BCUT2D eigenvalue weighted by molar-refractivity contribution is 0.0945. The molecule has 5 heteroatoms. The van der Waals surface area contributed by atoms with Gasteiger partial charge in [-0.15, -0.1) is 0 Å². The zero-order valence-electron chi connectivity index (χ0n) is 12.6. The third-order valence-electron chi connectivity index (χ3n) is 4.09. The minimum Gasteiger partial charge on any atom is -0.399 e. The van der Waals surface area contributed by atoms with Gasteiger partial charge in [0.15, 0.2) is 0 Å². The van der Waals surface area contributed by atoms with Crippen LogP contribution in [0.5, 0.6) is 0 Å². The lowest BCUT2D eigenvalue weighted by atomic mass is 10.0. The first-order valence-corrected chi connectivity index (χ1v) is 7.65. The Hall–Kier alpha value is -1.62. The molecule has 21 heavy (non-hydrogen) atoms. The highest BCUT2D eigenvalue weighted by Gasteiger charge is 2.17. The molecule has 0 saturated carbocycles. The Morgan fingerprint density at radius 2 is 2.29 bits per heavy atom. The Kier molecular flexibility index (Phi) is 5.56. The normalized spacial score (nSPS) is 19.4. The van der Waals surface area contributed by atoms with Crippen LogP contribution >= 0.6 is 0 Å². The lowest BCUT2D eigenvalue weighted by Crippen LogP contribution is -2.39. The van der Waals surface area contributed by atoms with Crippen molar-refractivity contribution >= 4 is 11.6 Å². The number of likely N-dealkylation sites (tertiary alicyclic amines) is 1. The number of halogens is 1. The summed E-state index contributed by atoms with van der Waals surface area (Å²) in [5.74, 6) is -0.948. The summed E-state index contributed by atoms with van der Waals surface area (Å²) in [5, 5.41) is 2.77. The fourth-order valence-corrected chi connectivity index (χ4v) is 2.78. The van der Waals surface area contributed by atoms with E-state index < -0.39 is 5.82 Å². The van der Waals surface area contributed by atoms with Crippen LogP contribution in [-0.4, -0.2) is 36.5 Å². The lowest BCUT2D eigenvalue weighted by Gasteiger charge is -2.33. The molecule has 0 bridgehead atoms. The minimum atomic E-state index is -0.572. The minimum absolute atomic E-state index is 0.0514. The topological polar surface area (TPSA) is 58.4 Å². The molecule has 1 atom stereocenters. The number of nitrogen functional groups attached to an aromatic ring is 1. The van der Waals surface area contributed by atoms with Crippen molar-refractivity contribution in [2.24, 2.45) is 0 Å². The number of nitrogens with two attached hydrogens (primary N) is 1. The van der Waals surface area contributed by atoms with Crippen LogP contribution in [0.25, 0.3) is 0 Å². The molecule has 116 valence electrons. The number of hydrogen-bond donors (Lipinski definition) is 2. The molecule has 2 rings (SSSR count). The number of nitrogens with one attached hydrogen (secondary N) is 1. The maximum Gasteiger partial charge on any atom is 0.254 e. The molecule has 0 aromatic heterocycles. The zero-order chi connectivity index (χ0) is 15.2. The monoisotopic (exact) mass is 293 g/mol. The molecular weight excluding hydrogens is 269 g/mol. The summed E-state index contributed by atoms with van der Waals surface area (Å²) in [4.78, 5) is 14.3. The van der Waals surface area contributed by atoms with E-state index in [0.29, 0.717) is 18.3 Å². The predicted molar refractivity (Wildman–Crippen MR) is 82.6 cm³/mol. The van der Waals surface area contributed by atoms with Crippen LogP contribution in [0.15, 0.2) is 18.2 Å². The van der Waals surface area contributed by atoms with Crippen molar-refractivity contribution in [1.82, 2.24) is 10.2 Å². The second-order valence-electron chi connectivity index (χ2n) is 5.73. The summed E-state index contributed by atoms with van der Waals surface area (Å²) < 4.78 is 13.6. The highest BCUT2D eigenvalue weighted by atomic mass is 19.1. The number of rotatable bonds is 5. The Bertz CT molecular complexity index is 492. The Labute approximate surface area is 125 Å². The zero-order valence-corrected chi connectivity index (χ0v) is 12.6. The van der Waals surface area contributed by atoms with E-state index >= 15 is 0 Å². The van der Waals surface area contributed by atoms with Crippen molar-refractivity contribution in [3.8, 4) is 0 Å². The van der Waals surface area contributed by atoms with Crippen LogP contribution in [0.4, 0.5) is 10.1 Å². The maximum absolute atomic E-state index is 13.6. The van der Waals surface area contributed by atoms with Gasteiger partial charge in [0, 0.05) is 24.8 Å². The molecule has 1 fully saturated rings. The third-order valence-corrected chi connectivity index (χ3v) is 4.09. The number of hydrogen-bond acceptors (Lipinski definition) is 3. The van der Waals surface area contributed by atoms with Crippen LogP contribution in [0.3, 0.4) is 0 Å². The van der Waals surface area contributed by atoms with Gasteiger partial charge in [-0.25, -0.2) is 4.39 Å². The number of nitrogens with zero attached hydrogens (tertiary/aromatic N) is 1. The summed E-state index contributed by atoms with van der Waals surface area (Å²) in [5.41, 5.74) is 5.84. The highest BCUT2D eigenvalue weighted by molar-refractivity contribution is 5.94. The van der Waals surface area contributed by atoms with Gasteiger partial charge in [-0.2, -0.15) is 0 Å². The van der Waals surface area contributed by atoms with Gasteiger partial charge in [0.05, 0.1) is 5.56 Å². The summed E-state index contributed by atoms with van der Waals surface area (Å²) in [6.45, 7) is 4.93. The van der Waals surface area contributed by atoms with Crippen molar-refractivity contribution in [2.75, 3.05) is 25.4 Å². The molecule has 4 nitrogen and oxygen atoms in total. The first-order chi connectivity index (χ1) is 10.1. The predicted octanol–water partition coefficient (Wildman–Crippen LogP) is 2.40. The molecule has 1 heterocycles. The molecular formula is C16H24FN3O. The maximum atomic E-state index is 13.6. The fraction of sp³-hybridized carbons (Fsp3) is 0.562. The van der Waals surface area contributed by atoms with Gasteiger partial charge in [-0.05, 0) is 50.9 Å². The van der Waals surface area contributed by atoms with E-state index in [0.717, 1.165) is 19.5 Å². The SMILES string of the molecule is CC1CCCCN1CCCNC(=O)c1ccc(N)cc1F. The molecule has 1 aromatic rings. The first kappa shape index (κ1) is 15.8. The van der Waals surface area contributed by atoms with Gasteiger partial charge in [0.1, 0.15) is 5.82 Å². The molecule has 1 aromatic carbocycles. The number of carbonyl (C=O) groups is 1. The van der Waals surface area contributed by atoms with Gasteiger partial charge in [0.25, 0.3) is 5.91 Å². The molecule has 0 spiro atoms. The molecule has 1 saturated heterocycles. The fourth-order valence-electron chi connectivity index (χ4n) is 2.78. The van der Waals surface area contributed by atoms with E-state index in [2.05, 4.69) is 17.1 Å². The van der Waals surface area contributed by atoms with E-state index in [1.807, 2.05) is 0 Å². The molecule has 3 N–H and O–H groups in total. The molecule has 1 amide bonds. The first-order valence-electron chi connectivity index (χ1n) is 7.65. The van der Waals surface area contributed by atoms with Crippen molar-refractivity contribution < 1.29 is 9.18 Å². The van der Waals surface area contributed by atoms with Gasteiger partial charge < -0.3 is 16.0 Å². The summed E-state index contributed by atoms with van der Waals surface area (Å²) >= 11 is 0. The van der Waals surface area contributed by atoms with Crippen LogP contribution in [0.1, 0.15) is 43.0 Å². The molecule has 1 aliphatic rings. The number of piperidine rings is 1. The van der Waals surface area contributed by atoms with E-state index in [1.54, 1.807) is 0 Å². The van der Waals surface area contributed by atoms with E-state index in [-0.39, 0.29) is 11.5 Å². The number of amides is 1. The van der Waals surface area contributed by atoms with E-state index in [4.69, 9.17) is 5.73 Å². The Balaban J connectivity index is 1.74. The Morgan fingerprint density at radius 1 is 1.48 bits per heavy atom. The second-order valence-corrected chi connectivity index (χ2v) is 5.73. The summed E-state index contributed by atoms with van der Waals surface area (Å²) in [7, 11) is 0. The van der Waals surface area contributed by atoms with Crippen LogP contribution < -0.4 is 11.1 Å². The number of anilines is 1. The molecule has 0 radical (unpaired) electrons. The number of benzene rings is 1. The highest BCUT2D eigenvalue weighted by Crippen LogP contribution is 2.16. The summed E-state index contributed by atoms with van der Waals surface area (Å²) in [6.07, 6.45) is 4.70. The molecule has 1 unspecified atom stereocenters. The van der Waals surface area contributed by atoms with Crippen molar-refractivity contribution in [2.45, 2.75) is 38.6 Å². The van der Waals surface area contributed by atoms with Crippen molar-refractivity contribution in [3.05, 3.63) is 29.6 Å². The van der Waals surface area contributed by atoms with E-state index in [9.17, 15) is 9.18 Å². The average Bonchev–Trinajstić information content (AvgIpc) is 2.45. The van der Waals surface area contributed by atoms with Gasteiger partial charge >= 0.3 is 0 Å². The van der Waals surface area contributed by atoms with Crippen LogP contribution in [-0.2, 0) is 0 Å².